The maximum absolute atomic E-state index is 12.1. The van der Waals surface area contributed by atoms with Crippen LogP contribution in [0.3, 0.4) is 0 Å². The Morgan fingerprint density at radius 3 is 2.64 bits per heavy atom. The van der Waals surface area contributed by atoms with E-state index in [-0.39, 0.29) is 30.5 Å². The van der Waals surface area contributed by atoms with E-state index in [0.29, 0.717) is 12.8 Å². The number of aliphatic hydroxyl groups is 2. The molecular formula is C20H33O5-. The van der Waals surface area contributed by atoms with Crippen molar-refractivity contribution >= 4 is 11.8 Å². The standard InChI is InChI=1S/C20H34O5/c1-2-3-6-9-15(21)12-13-17-16(18(22)14-19(17)23)10-7-4-5-8-11-20(24)25/h12-13,15-18,21-22H,2-11,14H2,1H3,(H,24,25)/p-1/b13-12+/t15-,16+,17+,18-/m0/s1. The SMILES string of the molecule is CCCCC[C@H](O)/C=C/[C@H]1C(=O)C[C@H](O)[C@@H]1CCCCCCC(=O)[O-]. The fourth-order valence-electron chi connectivity index (χ4n) is 3.54. The molecule has 0 aromatic rings. The lowest BCUT2D eigenvalue weighted by molar-refractivity contribution is -0.305. The Morgan fingerprint density at radius 1 is 1.24 bits per heavy atom. The third-order valence-electron chi connectivity index (χ3n) is 5.05. The molecule has 0 saturated heterocycles. The molecule has 2 N–H and O–H groups in total. The zero-order chi connectivity index (χ0) is 18.7. The molecule has 0 bridgehead atoms. The number of rotatable bonds is 13. The molecule has 1 aliphatic rings. The molecule has 1 fully saturated rings. The maximum Gasteiger partial charge on any atom is 0.142 e. The molecule has 1 rings (SSSR count). The van der Waals surface area contributed by atoms with Gasteiger partial charge in [0.05, 0.1) is 12.2 Å². The predicted molar refractivity (Wildman–Crippen MR) is 94.6 cm³/mol. The summed E-state index contributed by atoms with van der Waals surface area (Å²) in [7, 11) is 0. The number of aliphatic hydroxyl groups excluding tert-OH is 2. The minimum Gasteiger partial charge on any atom is -0.550 e. The molecule has 0 heterocycles. The summed E-state index contributed by atoms with van der Waals surface area (Å²) in [5, 5.41) is 30.5. The Kier molecular flexibility index (Phi) is 10.7. The minimum atomic E-state index is -1.01. The highest BCUT2D eigenvalue weighted by Crippen LogP contribution is 2.34. The number of unbranched alkanes of at least 4 members (excludes halogenated alkanes) is 5. The van der Waals surface area contributed by atoms with Crippen LogP contribution < -0.4 is 5.11 Å². The normalized spacial score (nSPS) is 24.9. The van der Waals surface area contributed by atoms with Crippen molar-refractivity contribution in [3.63, 3.8) is 0 Å². The zero-order valence-electron chi connectivity index (χ0n) is 15.4. The van der Waals surface area contributed by atoms with Gasteiger partial charge in [0.1, 0.15) is 5.78 Å². The first kappa shape index (κ1) is 21.8. The molecule has 25 heavy (non-hydrogen) atoms. The first-order chi connectivity index (χ1) is 12.0. The minimum absolute atomic E-state index is 0.0476. The number of Topliss-reactive ketones (excluding diaryl/α,β-unsaturated/α-hetero) is 1. The second-order valence-electron chi connectivity index (χ2n) is 7.20. The maximum atomic E-state index is 12.1. The van der Waals surface area contributed by atoms with Gasteiger partial charge in [0.25, 0.3) is 0 Å². The van der Waals surface area contributed by atoms with Gasteiger partial charge in [0.2, 0.25) is 0 Å². The van der Waals surface area contributed by atoms with Crippen LogP contribution in [0.2, 0.25) is 0 Å². The second-order valence-corrected chi connectivity index (χ2v) is 7.20. The summed E-state index contributed by atoms with van der Waals surface area (Å²) in [6, 6.07) is 0. The van der Waals surface area contributed by atoms with Crippen LogP contribution in [-0.4, -0.2) is 34.2 Å². The number of ketones is 1. The topological polar surface area (TPSA) is 97.7 Å². The van der Waals surface area contributed by atoms with E-state index in [1.165, 1.54) is 0 Å². The van der Waals surface area contributed by atoms with Crippen molar-refractivity contribution in [3.8, 4) is 0 Å². The summed E-state index contributed by atoms with van der Waals surface area (Å²) < 4.78 is 0. The van der Waals surface area contributed by atoms with Crippen LogP contribution in [0, 0.1) is 11.8 Å². The van der Waals surface area contributed by atoms with Crippen LogP contribution in [0.25, 0.3) is 0 Å². The first-order valence-corrected chi connectivity index (χ1v) is 9.72. The van der Waals surface area contributed by atoms with E-state index < -0.39 is 18.2 Å². The highest BCUT2D eigenvalue weighted by Gasteiger charge is 2.39. The smallest absolute Gasteiger partial charge is 0.142 e. The summed E-state index contributed by atoms with van der Waals surface area (Å²) in [5.74, 6) is -1.36. The number of carboxylic acid groups (broad SMARTS) is 1. The van der Waals surface area contributed by atoms with Crippen LogP contribution in [0.4, 0.5) is 0 Å². The van der Waals surface area contributed by atoms with Gasteiger partial charge in [-0.3, -0.25) is 4.79 Å². The van der Waals surface area contributed by atoms with E-state index in [0.717, 1.165) is 44.9 Å². The lowest BCUT2D eigenvalue weighted by Gasteiger charge is -2.19. The number of hydrogen-bond donors (Lipinski definition) is 2. The number of hydrogen-bond acceptors (Lipinski definition) is 5. The van der Waals surface area contributed by atoms with Gasteiger partial charge < -0.3 is 20.1 Å². The second kappa shape index (κ2) is 12.2. The number of carbonyl (C=O) groups is 2. The zero-order valence-corrected chi connectivity index (χ0v) is 15.4. The molecule has 0 unspecified atom stereocenters. The number of carboxylic acids is 1. The van der Waals surface area contributed by atoms with Crippen molar-refractivity contribution in [1.82, 2.24) is 0 Å². The van der Waals surface area contributed by atoms with Gasteiger partial charge >= 0.3 is 0 Å². The molecule has 0 spiro atoms. The molecule has 5 heteroatoms. The van der Waals surface area contributed by atoms with Crippen LogP contribution >= 0.6 is 0 Å². The Bertz CT molecular complexity index is 432. The van der Waals surface area contributed by atoms with Gasteiger partial charge in [0.15, 0.2) is 0 Å². The molecule has 0 aliphatic heterocycles. The number of allylic oxidation sites excluding steroid dienone is 1. The van der Waals surface area contributed by atoms with Crippen molar-refractivity contribution in [3.05, 3.63) is 12.2 Å². The Balaban J connectivity index is 2.39. The van der Waals surface area contributed by atoms with Gasteiger partial charge in [-0.25, -0.2) is 0 Å². The third-order valence-corrected chi connectivity index (χ3v) is 5.05. The summed E-state index contributed by atoms with van der Waals surface area (Å²) in [4.78, 5) is 22.5. The average molecular weight is 353 g/mol. The fraction of sp³-hybridized carbons (Fsp3) is 0.800. The summed E-state index contributed by atoms with van der Waals surface area (Å²) >= 11 is 0. The first-order valence-electron chi connectivity index (χ1n) is 9.72. The van der Waals surface area contributed by atoms with E-state index in [2.05, 4.69) is 6.92 Å². The highest BCUT2D eigenvalue weighted by molar-refractivity contribution is 5.85. The number of carbonyl (C=O) groups excluding carboxylic acids is 2. The van der Waals surface area contributed by atoms with Gasteiger partial charge in [0, 0.05) is 18.3 Å². The van der Waals surface area contributed by atoms with E-state index in [4.69, 9.17) is 0 Å². The summed E-state index contributed by atoms with van der Waals surface area (Å²) in [6.45, 7) is 2.12. The van der Waals surface area contributed by atoms with Gasteiger partial charge in [-0.2, -0.15) is 0 Å². The van der Waals surface area contributed by atoms with Gasteiger partial charge in [-0.05, 0) is 31.6 Å². The predicted octanol–water partition coefficient (Wildman–Crippen LogP) is 2.14. The third kappa shape index (κ3) is 8.63. The monoisotopic (exact) mass is 353 g/mol. The Hall–Kier alpha value is -1.20. The van der Waals surface area contributed by atoms with Gasteiger partial charge in [-0.15, -0.1) is 0 Å². The van der Waals surface area contributed by atoms with Crippen LogP contribution in [0.1, 0.15) is 77.6 Å². The van der Waals surface area contributed by atoms with E-state index in [9.17, 15) is 24.9 Å². The van der Waals surface area contributed by atoms with Crippen molar-refractivity contribution in [2.24, 2.45) is 11.8 Å². The molecule has 5 nitrogen and oxygen atoms in total. The lowest BCUT2D eigenvalue weighted by atomic mass is 9.88. The summed E-state index contributed by atoms with van der Waals surface area (Å²) in [6.07, 6.45) is 10.5. The molecule has 4 atom stereocenters. The van der Waals surface area contributed by atoms with Crippen molar-refractivity contribution in [1.29, 1.82) is 0 Å². The number of aliphatic carboxylic acids is 1. The van der Waals surface area contributed by atoms with E-state index in [1.807, 2.05) is 0 Å². The van der Waals surface area contributed by atoms with Crippen molar-refractivity contribution < 1.29 is 24.9 Å². The molecular weight excluding hydrogens is 320 g/mol. The van der Waals surface area contributed by atoms with Crippen molar-refractivity contribution in [2.75, 3.05) is 0 Å². The van der Waals surface area contributed by atoms with Gasteiger partial charge in [-0.1, -0.05) is 57.6 Å². The molecule has 0 aromatic heterocycles. The molecule has 1 aliphatic carbocycles. The lowest BCUT2D eigenvalue weighted by Crippen LogP contribution is -2.21. The molecule has 1 saturated carbocycles. The van der Waals surface area contributed by atoms with Crippen LogP contribution in [-0.2, 0) is 9.59 Å². The largest absolute Gasteiger partial charge is 0.550 e. The Morgan fingerprint density at radius 2 is 1.96 bits per heavy atom. The molecule has 0 amide bonds. The quantitative estimate of drug-likeness (QED) is 0.390. The molecule has 144 valence electrons. The highest BCUT2D eigenvalue weighted by atomic mass is 16.4. The fourth-order valence-corrected chi connectivity index (χ4v) is 3.54. The van der Waals surface area contributed by atoms with Crippen LogP contribution in [0.5, 0.6) is 0 Å². The average Bonchev–Trinajstić information content (AvgIpc) is 2.82. The molecule has 0 radical (unpaired) electrons. The van der Waals surface area contributed by atoms with E-state index in [1.54, 1.807) is 12.2 Å². The molecule has 0 aromatic carbocycles. The Labute approximate surface area is 151 Å². The van der Waals surface area contributed by atoms with Crippen LogP contribution in [0.15, 0.2) is 12.2 Å². The summed E-state index contributed by atoms with van der Waals surface area (Å²) in [5.41, 5.74) is 0. The van der Waals surface area contributed by atoms with E-state index >= 15 is 0 Å². The van der Waals surface area contributed by atoms with Crippen molar-refractivity contribution in [2.45, 2.75) is 89.8 Å².